The van der Waals surface area contributed by atoms with Gasteiger partial charge in [-0.1, -0.05) is 37.0 Å². The molecule has 0 saturated heterocycles. The minimum absolute atomic E-state index is 0.0153. The van der Waals surface area contributed by atoms with Crippen molar-refractivity contribution in [3.63, 3.8) is 0 Å². The predicted molar refractivity (Wildman–Crippen MR) is 85.4 cm³/mol. The molecule has 0 fully saturated rings. The van der Waals surface area contributed by atoms with Gasteiger partial charge in [0.2, 0.25) is 5.91 Å². The summed E-state index contributed by atoms with van der Waals surface area (Å²) in [5.41, 5.74) is 6.31. The van der Waals surface area contributed by atoms with Crippen LogP contribution in [0.4, 0.5) is 5.69 Å². The molecule has 0 atom stereocenters. The van der Waals surface area contributed by atoms with Gasteiger partial charge in [0.25, 0.3) is 0 Å². The van der Waals surface area contributed by atoms with Gasteiger partial charge in [0.05, 0.1) is 16.6 Å². The highest BCUT2D eigenvalue weighted by Crippen LogP contribution is 2.25. The second-order valence-electron chi connectivity index (χ2n) is 5.72. The smallest absolute Gasteiger partial charge is 0.238 e. The van der Waals surface area contributed by atoms with Crippen LogP contribution in [0.25, 0.3) is 0 Å². The lowest BCUT2D eigenvalue weighted by Gasteiger charge is -2.28. The van der Waals surface area contributed by atoms with Crippen LogP contribution in [0.5, 0.6) is 0 Å². The van der Waals surface area contributed by atoms with Gasteiger partial charge in [0.15, 0.2) is 0 Å². The SMILES string of the molecule is CN(CC(=O)Nc1ccc(Cl)c(Cl)c1)CC(C)(C)CN. The first-order chi connectivity index (χ1) is 9.23. The topological polar surface area (TPSA) is 58.4 Å². The Bertz CT molecular complexity index is 477. The average molecular weight is 318 g/mol. The van der Waals surface area contributed by atoms with Gasteiger partial charge in [-0.05, 0) is 37.2 Å². The van der Waals surface area contributed by atoms with Gasteiger partial charge in [0.1, 0.15) is 0 Å². The summed E-state index contributed by atoms with van der Waals surface area (Å²) in [6.45, 7) is 5.76. The molecule has 0 bridgehead atoms. The summed E-state index contributed by atoms with van der Waals surface area (Å²) in [6, 6.07) is 5.00. The molecular formula is C14H21Cl2N3O. The summed E-state index contributed by atoms with van der Waals surface area (Å²) in [5.74, 6) is -0.0984. The van der Waals surface area contributed by atoms with E-state index >= 15 is 0 Å². The first-order valence-electron chi connectivity index (χ1n) is 6.37. The number of benzene rings is 1. The number of hydrogen-bond donors (Lipinski definition) is 2. The highest BCUT2D eigenvalue weighted by Gasteiger charge is 2.19. The molecule has 6 heteroatoms. The van der Waals surface area contributed by atoms with Crippen LogP contribution in [0, 0.1) is 5.41 Å². The van der Waals surface area contributed by atoms with Crippen LogP contribution in [-0.2, 0) is 4.79 Å². The molecule has 20 heavy (non-hydrogen) atoms. The van der Waals surface area contributed by atoms with Crippen molar-refractivity contribution in [1.82, 2.24) is 4.90 Å². The fraction of sp³-hybridized carbons (Fsp3) is 0.500. The number of nitrogens with two attached hydrogens (primary N) is 1. The van der Waals surface area contributed by atoms with Gasteiger partial charge in [-0.25, -0.2) is 0 Å². The van der Waals surface area contributed by atoms with E-state index in [9.17, 15) is 4.79 Å². The number of likely N-dealkylation sites (N-methyl/N-ethyl adjacent to an activating group) is 1. The fourth-order valence-corrected chi connectivity index (χ4v) is 2.17. The van der Waals surface area contributed by atoms with Crippen LogP contribution >= 0.6 is 23.2 Å². The maximum atomic E-state index is 11.9. The number of halogens is 2. The Hall–Kier alpha value is -0.810. The minimum atomic E-state index is -0.0984. The van der Waals surface area contributed by atoms with Crippen LogP contribution < -0.4 is 11.1 Å². The van der Waals surface area contributed by atoms with Crippen molar-refractivity contribution in [3.8, 4) is 0 Å². The Morgan fingerprint density at radius 1 is 1.35 bits per heavy atom. The van der Waals surface area contributed by atoms with Crippen molar-refractivity contribution in [2.45, 2.75) is 13.8 Å². The lowest BCUT2D eigenvalue weighted by atomic mass is 9.93. The van der Waals surface area contributed by atoms with E-state index in [2.05, 4.69) is 19.2 Å². The summed E-state index contributed by atoms with van der Waals surface area (Å²) in [6.07, 6.45) is 0. The number of carbonyl (C=O) groups is 1. The molecule has 0 saturated carbocycles. The largest absolute Gasteiger partial charge is 0.330 e. The van der Waals surface area contributed by atoms with Crippen LogP contribution in [0.3, 0.4) is 0 Å². The van der Waals surface area contributed by atoms with Gasteiger partial charge in [-0.2, -0.15) is 0 Å². The Morgan fingerprint density at radius 2 is 2.00 bits per heavy atom. The second kappa shape index (κ2) is 7.27. The summed E-state index contributed by atoms with van der Waals surface area (Å²) in [7, 11) is 1.89. The Balaban J connectivity index is 2.53. The highest BCUT2D eigenvalue weighted by molar-refractivity contribution is 6.42. The molecule has 0 unspecified atom stereocenters. The van der Waals surface area contributed by atoms with E-state index in [1.165, 1.54) is 0 Å². The number of hydrogen-bond acceptors (Lipinski definition) is 3. The van der Waals surface area contributed by atoms with Gasteiger partial charge >= 0.3 is 0 Å². The molecule has 0 spiro atoms. The summed E-state index contributed by atoms with van der Waals surface area (Å²) >= 11 is 11.7. The van der Waals surface area contributed by atoms with Crippen molar-refractivity contribution in [3.05, 3.63) is 28.2 Å². The molecule has 3 N–H and O–H groups in total. The van der Waals surface area contributed by atoms with Crippen molar-refractivity contribution >= 4 is 34.8 Å². The van der Waals surface area contributed by atoms with E-state index < -0.39 is 0 Å². The molecule has 0 aliphatic heterocycles. The molecule has 4 nitrogen and oxygen atoms in total. The molecule has 1 amide bonds. The number of amides is 1. The Morgan fingerprint density at radius 3 is 2.55 bits per heavy atom. The number of nitrogens with one attached hydrogen (secondary N) is 1. The minimum Gasteiger partial charge on any atom is -0.330 e. The Kier molecular flexibility index (Phi) is 6.27. The van der Waals surface area contributed by atoms with Crippen molar-refractivity contribution < 1.29 is 4.79 Å². The summed E-state index contributed by atoms with van der Waals surface area (Å²) < 4.78 is 0. The molecule has 0 heterocycles. The third-order valence-electron chi connectivity index (χ3n) is 2.87. The average Bonchev–Trinajstić information content (AvgIpc) is 2.33. The molecule has 1 aromatic carbocycles. The third kappa shape index (κ3) is 5.67. The van der Waals surface area contributed by atoms with Crippen molar-refractivity contribution in [2.24, 2.45) is 11.1 Å². The van der Waals surface area contributed by atoms with E-state index in [1.54, 1.807) is 18.2 Å². The van der Waals surface area contributed by atoms with Crippen molar-refractivity contribution in [2.75, 3.05) is 32.0 Å². The van der Waals surface area contributed by atoms with Gasteiger partial charge in [0, 0.05) is 12.2 Å². The zero-order valence-corrected chi connectivity index (χ0v) is 13.6. The third-order valence-corrected chi connectivity index (χ3v) is 3.61. The number of nitrogens with zero attached hydrogens (tertiary/aromatic N) is 1. The zero-order chi connectivity index (χ0) is 15.3. The number of anilines is 1. The fourth-order valence-electron chi connectivity index (χ4n) is 1.87. The molecule has 0 aromatic heterocycles. The summed E-state index contributed by atoms with van der Waals surface area (Å²) in [5, 5.41) is 3.67. The zero-order valence-electron chi connectivity index (χ0n) is 12.0. The van der Waals surface area contributed by atoms with E-state index in [-0.39, 0.29) is 11.3 Å². The lowest BCUT2D eigenvalue weighted by molar-refractivity contribution is -0.117. The number of carbonyl (C=O) groups excluding carboxylic acids is 1. The lowest BCUT2D eigenvalue weighted by Crippen LogP contribution is -2.40. The van der Waals surface area contributed by atoms with E-state index in [1.807, 2.05) is 11.9 Å². The van der Waals surface area contributed by atoms with Gasteiger partial charge in [-0.15, -0.1) is 0 Å². The van der Waals surface area contributed by atoms with E-state index in [0.29, 0.717) is 28.8 Å². The normalized spacial score (nSPS) is 11.8. The van der Waals surface area contributed by atoms with Crippen LogP contribution in [-0.4, -0.2) is 37.5 Å². The van der Waals surface area contributed by atoms with Crippen LogP contribution in [0.15, 0.2) is 18.2 Å². The standard InChI is InChI=1S/C14H21Cl2N3O/c1-14(2,8-17)9-19(3)7-13(20)18-10-4-5-11(15)12(16)6-10/h4-6H,7-9,17H2,1-3H3,(H,18,20). The van der Waals surface area contributed by atoms with Crippen LogP contribution in [0.2, 0.25) is 10.0 Å². The van der Waals surface area contributed by atoms with E-state index in [0.717, 1.165) is 6.54 Å². The van der Waals surface area contributed by atoms with Gasteiger partial charge < -0.3 is 11.1 Å². The molecule has 0 aliphatic rings. The Labute approximate surface area is 130 Å². The van der Waals surface area contributed by atoms with Crippen LogP contribution in [0.1, 0.15) is 13.8 Å². The molecule has 1 aromatic rings. The molecule has 0 aliphatic carbocycles. The highest BCUT2D eigenvalue weighted by atomic mass is 35.5. The predicted octanol–water partition coefficient (Wildman–Crippen LogP) is 2.85. The maximum Gasteiger partial charge on any atom is 0.238 e. The quantitative estimate of drug-likeness (QED) is 0.848. The van der Waals surface area contributed by atoms with Crippen molar-refractivity contribution in [1.29, 1.82) is 0 Å². The molecule has 112 valence electrons. The van der Waals surface area contributed by atoms with E-state index in [4.69, 9.17) is 28.9 Å². The molecule has 1 rings (SSSR count). The monoisotopic (exact) mass is 317 g/mol. The molecule has 0 radical (unpaired) electrons. The molecular weight excluding hydrogens is 297 g/mol. The van der Waals surface area contributed by atoms with Gasteiger partial charge in [-0.3, -0.25) is 9.69 Å². The summed E-state index contributed by atoms with van der Waals surface area (Å²) in [4.78, 5) is 13.9. The number of rotatable bonds is 6. The first-order valence-corrected chi connectivity index (χ1v) is 7.12. The maximum absolute atomic E-state index is 11.9. The first kappa shape index (κ1) is 17.2. The second-order valence-corrected chi connectivity index (χ2v) is 6.53.